The molecule has 0 atom stereocenters. The number of aromatic nitrogens is 3. The van der Waals surface area contributed by atoms with Gasteiger partial charge >= 0.3 is 0 Å². The monoisotopic (exact) mass is 344 g/mol. The lowest BCUT2D eigenvalue weighted by molar-refractivity contribution is 0.415. The zero-order valence-corrected chi connectivity index (χ0v) is 12.9. The molecule has 0 amide bonds. The van der Waals surface area contributed by atoms with E-state index < -0.39 is 0 Å². The Morgan fingerprint density at radius 3 is 2.86 bits per heavy atom. The molecule has 0 saturated carbocycles. The Kier molecular flexibility index (Phi) is 3.62. The number of nitrogens with one attached hydrogen (secondary N) is 1. The van der Waals surface area contributed by atoms with Crippen molar-refractivity contribution in [3.63, 3.8) is 0 Å². The van der Waals surface area contributed by atoms with Crippen LogP contribution in [0.25, 0.3) is 22.4 Å². The molecule has 0 spiro atoms. The average molecular weight is 345 g/mol. The summed E-state index contributed by atoms with van der Waals surface area (Å²) in [6, 6.07) is 9.56. The van der Waals surface area contributed by atoms with E-state index in [0.29, 0.717) is 5.82 Å². The van der Waals surface area contributed by atoms with Crippen LogP contribution in [-0.4, -0.2) is 22.3 Å². The molecule has 0 aliphatic rings. The van der Waals surface area contributed by atoms with E-state index in [9.17, 15) is 0 Å². The Hall–Kier alpha value is -2.34. The van der Waals surface area contributed by atoms with E-state index >= 15 is 0 Å². The lowest BCUT2D eigenvalue weighted by Crippen LogP contribution is -1.90. The van der Waals surface area contributed by atoms with Gasteiger partial charge in [-0.2, -0.15) is 5.10 Å². The zero-order valence-electron chi connectivity index (χ0n) is 11.3. The first kappa shape index (κ1) is 13.6. The van der Waals surface area contributed by atoms with Gasteiger partial charge in [0.1, 0.15) is 5.75 Å². The number of halogens is 1. The highest BCUT2D eigenvalue weighted by atomic mass is 79.9. The molecular weight excluding hydrogens is 332 g/mol. The normalized spacial score (nSPS) is 10.6. The van der Waals surface area contributed by atoms with Gasteiger partial charge in [-0.3, -0.25) is 10.1 Å². The number of anilines is 1. The van der Waals surface area contributed by atoms with Crippen molar-refractivity contribution in [2.45, 2.75) is 0 Å². The van der Waals surface area contributed by atoms with Crippen molar-refractivity contribution in [3.8, 4) is 28.1 Å². The van der Waals surface area contributed by atoms with Gasteiger partial charge in [-0.15, -0.1) is 0 Å². The number of ether oxygens (including phenoxy) is 1. The third-order valence-electron chi connectivity index (χ3n) is 3.19. The van der Waals surface area contributed by atoms with E-state index in [2.05, 4.69) is 31.1 Å². The van der Waals surface area contributed by atoms with Crippen LogP contribution in [0.5, 0.6) is 5.75 Å². The van der Waals surface area contributed by atoms with E-state index in [0.717, 1.165) is 32.6 Å². The second-order valence-electron chi connectivity index (χ2n) is 4.45. The van der Waals surface area contributed by atoms with Crippen molar-refractivity contribution in [2.75, 3.05) is 12.8 Å². The summed E-state index contributed by atoms with van der Waals surface area (Å²) < 4.78 is 6.21. The first-order valence-corrected chi connectivity index (χ1v) is 7.08. The highest BCUT2D eigenvalue weighted by molar-refractivity contribution is 9.10. The third kappa shape index (κ3) is 2.50. The fraction of sp³-hybridized carbons (Fsp3) is 0.0667. The van der Waals surface area contributed by atoms with Crippen molar-refractivity contribution < 1.29 is 4.74 Å². The van der Waals surface area contributed by atoms with Gasteiger partial charge in [-0.1, -0.05) is 22.0 Å². The number of methoxy groups -OCH3 is 1. The molecule has 2 aromatic heterocycles. The van der Waals surface area contributed by atoms with Crippen LogP contribution in [0.3, 0.4) is 0 Å². The number of hydrogen-bond donors (Lipinski definition) is 2. The minimum atomic E-state index is 0.438. The van der Waals surface area contributed by atoms with Crippen molar-refractivity contribution in [1.82, 2.24) is 15.2 Å². The average Bonchev–Trinajstić information content (AvgIpc) is 2.90. The highest BCUT2D eigenvalue weighted by Gasteiger charge is 2.17. The Balaban J connectivity index is 2.21. The molecule has 5 nitrogen and oxygen atoms in total. The fourth-order valence-corrected chi connectivity index (χ4v) is 2.62. The third-order valence-corrected chi connectivity index (χ3v) is 3.88. The Morgan fingerprint density at radius 1 is 1.29 bits per heavy atom. The Labute approximate surface area is 130 Å². The van der Waals surface area contributed by atoms with Gasteiger partial charge in [-0.25, -0.2) is 0 Å². The maximum atomic E-state index is 6.01. The molecule has 21 heavy (non-hydrogen) atoms. The van der Waals surface area contributed by atoms with Crippen LogP contribution in [0.4, 0.5) is 5.82 Å². The number of H-pyrrole nitrogens is 1. The molecule has 0 aliphatic heterocycles. The summed E-state index contributed by atoms with van der Waals surface area (Å²) in [6.45, 7) is 0. The predicted octanol–water partition coefficient (Wildman–Crippen LogP) is 3.49. The van der Waals surface area contributed by atoms with Crippen molar-refractivity contribution in [2.24, 2.45) is 0 Å². The number of nitrogens with two attached hydrogens (primary N) is 1. The van der Waals surface area contributed by atoms with E-state index in [4.69, 9.17) is 10.5 Å². The lowest BCUT2D eigenvalue weighted by atomic mass is 10.0. The number of hydrogen-bond acceptors (Lipinski definition) is 4. The summed E-state index contributed by atoms with van der Waals surface area (Å²) in [5.74, 6) is 1.20. The van der Waals surface area contributed by atoms with Crippen LogP contribution in [0.15, 0.2) is 47.2 Å². The highest BCUT2D eigenvalue weighted by Crippen LogP contribution is 2.38. The second-order valence-corrected chi connectivity index (χ2v) is 5.30. The number of nitrogen functional groups attached to an aromatic ring is 1. The van der Waals surface area contributed by atoms with Gasteiger partial charge in [0.2, 0.25) is 0 Å². The maximum absolute atomic E-state index is 6.01. The quantitative estimate of drug-likeness (QED) is 0.762. The van der Waals surface area contributed by atoms with Gasteiger partial charge in [0, 0.05) is 28.0 Å². The first-order chi connectivity index (χ1) is 10.2. The Morgan fingerprint density at radius 2 is 2.14 bits per heavy atom. The molecule has 3 aromatic rings. The fourth-order valence-electron chi connectivity index (χ4n) is 2.18. The molecule has 0 unspecified atom stereocenters. The molecule has 0 radical (unpaired) electrons. The molecular formula is C15H13BrN4O. The summed E-state index contributed by atoms with van der Waals surface area (Å²) in [5, 5.41) is 7.12. The summed E-state index contributed by atoms with van der Waals surface area (Å²) in [4.78, 5) is 4.14. The largest absolute Gasteiger partial charge is 0.497 e. The Bertz CT molecular complexity index is 771. The summed E-state index contributed by atoms with van der Waals surface area (Å²) >= 11 is 3.55. The number of rotatable bonds is 3. The molecule has 3 N–H and O–H groups in total. The van der Waals surface area contributed by atoms with Crippen molar-refractivity contribution in [3.05, 3.63) is 47.2 Å². The number of nitrogens with zero attached hydrogens (tertiary/aromatic N) is 2. The van der Waals surface area contributed by atoms with Crippen LogP contribution < -0.4 is 10.5 Å². The second kappa shape index (κ2) is 5.57. The van der Waals surface area contributed by atoms with Crippen LogP contribution >= 0.6 is 15.9 Å². The van der Waals surface area contributed by atoms with Crippen LogP contribution in [0.1, 0.15) is 0 Å². The number of pyridine rings is 1. The standard InChI is InChI=1S/C15H13BrN4O/c1-21-10-4-5-12(16)11(7-10)14-13(15(17)20-19-14)9-3-2-6-18-8-9/h2-8H,1H3,(H3,17,19,20). The van der Waals surface area contributed by atoms with E-state index in [1.165, 1.54) is 0 Å². The molecule has 0 aliphatic carbocycles. The molecule has 3 rings (SSSR count). The van der Waals surface area contributed by atoms with E-state index in [1.54, 1.807) is 19.5 Å². The molecule has 0 saturated heterocycles. The van der Waals surface area contributed by atoms with Crippen molar-refractivity contribution >= 4 is 21.7 Å². The first-order valence-electron chi connectivity index (χ1n) is 6.29. The van der Waals surface area contributed by atoms with E-state index in [1.807, 2.05) is 30.3 Å². The topological polar surface area (TPSA) is 76.8 Å². The molecule has 1 aromatic carbocycles. The van der Waals surface area contributed by atoms with Crippen LogP contribution in [0.2, 0.25) is 0 Å². The molecule has 106 valence electrons. The van der Waals surface area contributed by atoms with Crippen LogP contribution in [-0.2, 0) is 0 Å². The van der Waals surface area contributed by atoms with Gasteiger partial charge < -0.3 is 10.5 Å². The minimum Gasteiger partial charge on any atom is -0.497 e. The SMILES string of the molecule is COc1ccc(Br)c(-c2[nH]nc(N)c2-c2cccnc2)c1. The van der Waals surface area contributed by atoms with Crippen molar-refractivity contribution in [1.29, 1.82) is 0 Å². The molecule has 0 bridgehead atoms. The molecule has 6 heteroatoms. The van der Waals surface area contributed by atoms with Gasteiger partial charge in [0.25, 0.3) is 0 Å². The molecule has 2 heterocycles. The smallest absolute Gasteiger partial charge is 0.153 e. The summed E-state index contributed by atoms with van der Waals surface area (Å²) in [7, 11) is 1.64. The zero-order chi connectivity index (χ0) is 14.8. The maximum Gasteiger partial charge on any atom is 0.153 e. The number of aromatic amines is 1. The summed E-state index contributed by atoms with van der Waals surface area (Å²) in [5.41, 5.74) is 9.51. The summed E-state index contributed by atoms with van der Waals surface area (Å²) in [6.07, 6.45) is 3.49. The minimum absolute atomic E-state index is 0.438. The van der Waals surface area contributed by atoms with Gasteiger partial charge in [0.15, 0.2) is 5.82 Å². The lowest BCUT2D eigenvalue weighted by Gasteiger charge is -2.08. The van der Waals surface area contributed by atoms with E-state index in [-0.39, 0.29) is 0 Å². The van der Waals surface area contributed by atoms with Gasteiger partial charge in [0.05, 0.1) is 18.4 Å². The predicted molar refractivity (Wildman–Crippen MR) is 85.9 cm³/mol. The van der Waals surface area contributed by atoms with Crippen LogP contribution in [0, 0.1) is 0 Å². The molecule has 0 fully saturated rings. The van der Waals surface area contributed by atoms with Gasteiger partial charge in [-0.05, 0) is 24.3 Å². The number of benzene rings is 1.